The highest BCUT2D eigenvalue weighted by molar-refractivity contribution is 5.92. The van der Waals surface area contributed by atoms with Crippen LogP contribution < -0.4 is 5.32 Å². The first-order valence-electron chi connectivity index (χ1n) is 12.8. The number of halogens is 3. The topological polar surface area (TPSA) is 68.4 Å². The number of nitrogens with zero attached hydrogens (tertiary/aromatic N) is 2. The van der Waals surface area contributed by atoms with Crippen LogP contribution in [0.1, 0.15) is 30.0 Å². The molecule has 0 aliphatic rings. The fourth-order valence-electron chi connectivity index (χ4n) is 4.42. The van der Waals surface area contributed by atoms with Crippen LogP contribution in [0.4, 0.5) is 23.7 Å². The molecule has 9 heteroatoms. The molecule has 0 unspecified atom stereocenters. The van der Waals surface area contributed by atoms with Crippen LogP contribution in [0.2, 0.25) is 0 Å². The first kappa shape index (κ1) is 27.8. The molecule has 0 radical (unpaired) electrons. The van der Waals surface area contributed by atoms with Gasteiger partial charge in [0.1, 0.15) is 6.54 Å². The van der Waals surface area contributed by atoms with Gasteiger partial charge in [-0.25, -0.2) is 4.79 Å². The molecule has 4 rings (SSSR count). The highest BCUT2D eigenvalue weighted by atomic mass is 19.4. The molecule has 1 heterocycles. The average molecular weight is 537 g/mol. The van der Waals surface area contributed by atoms with Crippen molar-refractivity contribution in [3.63, 3.8) is 0 Å². The van der Waals surface area contributed by atoms with Gasteiger partial charge in [0.2, 0.25) is 5.91 Å². The number of hydrogen-bond acceptors (Lipinski definition) is 2. The van der Waals surface area contributed by atoms with E-state index in [1.54, 1.807) is 4.90 Å². The van der Waals surface area contributed by atoms with Gasteiger partial charge in [-0.1, -0.05) is 55.5 Å². The number of aromatic amines is 1. The zero-order chi connectivity index (χ0) is 27.8. The maximum absolute atomic E-state index is 13.5. The van der Waals surface area contributed by atoms with E-state index in [4.69, 9.17) is 0 Å². The Kier molecular flexibility index (Phi) is 8.91. The van der Waals surface area contributed by atoms with Crippen molar-refractivity contribution in [1.82, 2.24) is 14.8 Å². The number of alkyl halides is 3. The number of carbonyl (C=O) groups is 2. The van der Waals surface area contributed by atoms with Gasteiger partial charge < -0.3 is 20.1 Å². The lowest BCUT2D eigenvalue weighted by molar-refractivity contribution is -0.137. The Balaban J connectivity index is 1.46. The van der Waals surface area contributed by atoms with Crippen molar-refractivity contribution in [3.05, 3.63) is 102 Å². The minimum Gasteiger partial charge on any atom is -0.361 e. The number of hydrogen-bond donors (Lipinski definition) is 2. The number of fused-ring (bicyclic) bond motifs is 1. The van der Waals surface area contributed by atoms with Crippen molar-refractivity contribution in [3.8, 4) is 0 Å². The fraction of sp³-hybridized carbons (Fsp3) is 0.267. The van der Waals surface area contributed by atoms with Crippen LogP contribution in [0.3, 0.4) is 0 Å². The third-order valence-corrected chi connectivity index (χ3v) is 6.47. The zero-order valence-electron chi connectivity index (χ0n) is 21.7. The van der Waals surface area contributed by atoms with E-state index in [0.29, 0.717) is 32.5 Å². The number of benzene rings is 3. The summed E-state index contributed by atoms with van der Waals surface area (Å²) in [6.45, 7) is 2.90. The second-order valence-corrected chi connectivity index (χ2v) is 9.34. The largest absolute Gasteiger partial charge is 0.416 e. The highest BCUT2D eigenvalue weighted by Crippen LogP contribution is 2.30. The summed E-state index contributed by atoms with van der Waals surface area (Å²) >= 11 is 0. The Bertz CT molecular complexity index is 1380. The lowest BCUT2D eigenvalue weighted by Crippen LogP contribution is -2.45. The van der Waals surface area contributed by atoms with Crippen LogP contribution in [-0.2, 0) is 23.9 Å². The molecule has 0 atom stereocenters. The summed E-state index contributed by atoms with van der Waals surface area (Å²) in [6.07, 6.45) is -1.26. The minimum atomic E-state index is -4.46. The second kappa shape index (κ2) is 12.5. The monoisotopic (exact) mass is 536 g/mol. The Morgan fingerprint density at radius 3 is 2.26 bits per heavy atom. The quantitative estimate of drug-likeness (QED) is 0.237. The van der Waals surface area contributed by atoms with E-state index in [1.807, 2.05) is 67.7 Å². The molecule has 0 spiro atoms. The summed E-state index contributed by atoms with van der Waals surface area (Å²) in [5, 5.41) is 3.72. The molecule has 0 aliphatic heterocycles. The van der Waals surface area contributed by atoms with E-state index < -0.39 is 17.8 Å². The number of H-pyrrole nitrogens is 1. The maximum atomic E-state index is 13.5. The maximum Gasteiger partial charge on any atom is 0.416 e. The van der Waals surface area contributed by atoms with Gasteiger partial charge in [0.25, 0.3) is 0 Å². The molecule has 6 nitrogen and oxygen atoms in total. The smallest absolute Gasteiger partial charge is 0.361 e. The van der Waals surface area contributed by atoms with E-state index in [-0.39, 0.29) is 18.1 Å². The Labute approximate surface area is 225 Å². The summed E-state index contributed by atoms with van der Waals surface area (Å²) in [4.78, 5) is 32.9. The van der Waals surface area contributed by atoms with E-state index in [2.05, 4.69) is 10.3 Å². The zero-order valence-corrected chi connectivity index (χ0v) is 21.7. The lowest BCUT2D eigenvalue weighted by Gasteiger charge is -2.28. The third kappa shape index (κ3) is 7.40. The molecule has 2 N–H and O–H groups in total. The van der Waals surface area contributed by atoms with E-state index in [9.17, 15) is 22.8 Å². The van der Waals surface area contributed by atoms with Crippen LogP contribution in [0.25, 0.3) is 10.9 Å². The van der Waals surface area contributed by atoms with Crippen LogP contribution >= 0.6 is 0 Å². The minimum absolute atomic E-state index is 0.152. The van der Waals surface area contributed by atoms with Gasteiger partial charge in [-0.2, -0.15) is 13.2 Å². The number of amides is 3. The van der Waals surface area contributed by atoms with Gasteiger partial charge in [-0.15, -0.1) is 0 Å². The summed E-state index contributed by atoms with van der Waals surface area (Å²) < 4.78 is 38.6. The third-order valence-electron chi connectivity index (χ3n) is 6.47. The number of rotatable bonds is 10. The number of aromatic nitrogens is 1. The standard InChI is InChI=1S/C30H31F3N4O2/c1-2-17-37(29(39)35-25-14-12-24(13-15-25)30(31,32)33)21-28(38)36(20-22-8-4-3-5-9-22)18-16-23-19-34-27-11-7-6-10-26(23)27/h3-15,19,34H,2,16-18,20-21H2,1H3,(H,35,39). The summed E-state index contributed by atoms with van der Waals surface area (Å²) in [5.41, 5.74) is 2.53. The van der Waals surface area contributed by atoms with Crippen LogP contribution in [0.15, 0.2) is 85.1 Å². The van der Waals surface area contributed by atoms with E-state index >= 15 is 0 Å². The van der Waals surface area contributed by atoms with Gasteiger partial charge in [0.15, 0.2) is 0 Å². The van der Waals surface area contributed by atoms with Crippen LogP contribution in [-0.4, -0.2) is 46.4 Å². The molecule has 0 aliphatic carbocycles. The number of nitrogens with one attached hydrogen (secondary N) is 2. The molecule has 0 fully saturated rings. The molecule has 0 bridgehead atoms. The van der Waals surface area contributed by atoms with E-state index in [0.717, 1.165) is 34.2 Å². The Hall–Kier alpha value is -4.27. The van der Waals surface area contributed by atoms with E-state index in [1.165, 1.54) is 17.0 Å². The molecule has 204 valence electrons. The molecule has 0 saturated carbocycles. The molecular weight excluding hydrogens is 505 g/mol. The SMILES string of the molecule is CCCN(CC(=O)N(CCc1c[nH]c2ccccc12)Cc1ccccc1)C(=O)Nc1ccc(C(F)(F)F)cc1. The molecule has 4 aromatic rings. The average Bonchev–Trinajstić information content (AvgIpc) is 3.34. The van der Waals surface area contributed by atoms with Crippen molar-refractivity contribution < 1.29 is 22.8 Å². The molecular formula is C30H31F3N4O2. The second-order valence-electron chi connectivity index (χ2n) is 9.34. The van der Waals surface area contributed by atoms with Crippen molar-refractivity contribution >= 4 is 28.5 Å². The van der Waals surface area contributed by atoms with Gasteiger partial charge in [0, 0.05) is 42.4 Å². The molecule has 3 amide bonds. The normalized spacial score (nSPS) is 11.4. The van der Waals surface area contributed by atoms with Gasteiger partial charge in [-0.05, 0) is 54.3 Å². The number of carbonyl (C=O) groups excluding carboxylic acids is 2. The van der Waals surface area contributed by atoms with Crippen molar-refractivity contribution in [2.24, 2.45) is 0 Å². The number of urea groups is 1. The van der Waals surface area contributed by atoms with Gasteiger partial charge in [-0.3, -0.25) is 4.79 Å². The Morgan fingerprint density at radius 1 is 0.872 bits per heavy atom. The lowest BCUT2D eigenvalue weighted by atomic mass is 10.1. The number of anilines is 1. The van der Waals surface area contributed by atoms with Crippen molar-refractivity contribution in [2.45, 2.75) is 32.5 Å². The van der Waals surface area contributed by atoms with Gasteiger partial charge >= 0.3 is 12.2 Å². The Morgan fingerprint density at radius 2 is 1.56 bits per heavy atom. The van der Waals surface area contributed by atoms with Crippen LogP contribution in [0.5, 0.6) is 0 Å². The van der Waals surface area contributed by atoms with Crippen molar-refractivity contribution in [2.75, 3.05) is 25.0 Å². The first-order chi connectivity index (χ1) is 18.7. The molecule has 39 heavy (non-hydrogen) atoms. The van der Waals surface area contributed by atoms with Gasteiger partial charge in [0.05, 0.1) is 5.56 Å². The summed E-state index contributed by atoms with van der Waals surface area (Å²) in [6, 6.07) is 21.3. The first-order valence-corrected chi connectivity index (χ1v) is 12.8. The number of para-hydroxylation sites is 1. The molecule has 3 aromatic carbocycles. The fourth-order valence-corrected chi connectivity index (χ4v) is 4.42. The highest BCUT2D eigenvalue weighted by Gasteiger charge is 2.30. The predicted molar refractivity (Wildman–Crippen MR) is 146 cm³/mol. The van der Waals surface area contributed by atoms with Crippen LogP contribution in [0, 0.1) is 0 Å². The summed E-state index contributed by atoms with van der Waals surface area (Å²) in [7, 11) is 0. The molecule has 0 saturated heterocycles. The predicted octanol–water partition coefficient (Wildman–Crippen LogP) is 6.70. The molecule has 1 aromatic heterocycles. The van der Waals surface area contributed by atoms with Crippen molar-refractivity contribution in [1.29, 1.82) is 0 Å². The summed E-state index contributed by atoms with van der Waals surface area (Å²) in [5.74, 6) is -0.213.